The number of anilines is 2. The van der Waals surface area contributed by atoms with E-state index in [4.69, 9.17) is 0 Å². The summed E-state index contributed by atoms with van der Waals surface area (Å²) in [4.78, 5) is 29.4. The molecule has 2 N–H and O–H groups in total. The Hall–Kier alpha value is -2.66. The predicted octanol–water partition coefficient (Wildman–Crippen LogP) is 3.62. The second-order valence-electron chi connectivity index (χ2n) is 10.7. The molecule has 34 heavy (non-hydrogen) atoms. The molecule has 2 aliphatic heterocycles. The van der Waals surface area contributed by atoms with Gasteiger partial charge in [-0.05, 0) is 69.7 Å². The van der Waals surface area contributed by atoms with E-state index in [9.17, 15) is 19.2 Å². The van der Waals surface area contributed by atoms with Gasteiger partial charge in [0.05, 0.1) is 19.2 Å². The molecule has 8 heteroatoms. The molecule has 2 atom stereocenters. The molecule has 184 valence electrons. The molecule has 2 saturated heterocycles. The standard InChI is InChI=1S/C26H36FN5O2/c1-25(24(34)30-20-5-7-21(8-6-20)31-13-3-4-14-31)9-11-26(2,12-10-25)29-17-23(33)32-18-19(27)15-22(32)16-28/h5-8,19,22,29H,3-4,9-15,17-18H2,1-2H3,(H,30,34)/t19-,22-,25?,26?/m0/s1. The molecule has 0 spiro atoms. The van der Waals surface area contributed by atoms with E-state index in [2.05, 4.69) is 34.6 Å². The smallest absolute Gasteiger partial charge is 0.237 e. The molecule has 0 radical (unpaired) electrons. The average Bonchev–Trinajstić information content (AvgIpc) is 3.50. The van der Waals surface area contributed by atoms with Crippen molar-refractivity contribution in [3.8, 4) is 6.07 Å². The largest absolute Gasteiger partial charge is 0.372 e. The first-order valence-corrected chi connectivity index (χ1v) is 12.5. The summed E-state index contributed by atoms with van der Waals surface area (Å²) in [5.41, 5.74) is 1.27. The molecule has 2 amide bonds. The van der Waals surface area contributed by atoms with Crippen LogP contribution in [0.4, 0.5) is 15.8 Å². The van der Waals surface area contributed by atoms with Gasteiger partial charge in [0, 0.05) is 41.8 Å². The van der Waals surface area contributed by atoms with Gasteiger partial charge in [-0.1, -0.05) is 6.92 Å². The van der Waals surface area contributed by atoms with E-state index < -0.39 is 17.6 Å². The van der Waals surface area contributed by atoms with Crippen LogP contribution in [0.1, 0.15) is 58.8 Å². The maximum absolute atomic E-state index is 13.6. The van der Waals surface area contributed by atoms with Gasteiger partial charge < -0.3 is 20.4 Å². The van der Waals surface area contributed by atoms with E-state index in [-0.39, 0.29) is 36.9 Å². The second-order valence-corrected chi connectivity index (χ2v) is 10.7. The number of nitrogens with zero attached hydrogens (tertiary/aromatic N) is 3. The predicted molar refractivity (Wildman–Crippen MR) is 130 cm³/mol. The summed E-state index contributed by atoms with van der Waals surface area (Å²) in [5, 5.41) is 15.6. The van der Waals surface area contributed by atoms with Crippen LogP contribution < -0.4 is 15.5 Å². The minimum absolute atomic E-state index is 0.00723. The summed E-state index contributed by atoms with van der Waals surface area (Å²) >= 11 is 0. The summed E-state index contributed by atoms with van der Waals surface area (Å²) in [5.74, 6) is -0.209. The van der Waals surface area contributed by atoms with Gasteiger partial charge in [-0.2, -0.15) is 5.26 Å². The Morgan fingerprint density at radius 3 is 2.38 bits per heavy atom. The lowest BCUT2D eigenvalue weighted by Crippen LogP contribution is -2.53. The number of alkyl halides is 1. The first kappa shape index (κ1) is 24.5. The lowest BCUT2D eigenvalue weighted by atomic mass is 9.68. The van der Waals surface area contributed by atoms with Crippen LogP contribution in [-0.2, 0) is 9.59 Å². The van der Waals surface area contributed by atoms with Crippen molar-refractivity contribution in [1.29, 1.82) is 5.26 Å². The summed E-state index contributed by atoms with van der Waals surface area (Å²) in [6.07, 6.45) is 4.35. The van der Waals surface area contributed by atoms with Crippen LogP contribution in [0, 0.1) is 16.7 Å². The molecule has 7 nitrogen and oxygen atoms in total. The minimum atomic E-state index is -1.13. The van der Waals surface area contributed by atoms with Crippen LogP contribution in [0.25, 0.3) is 0 Å². The molecule has 4 rings (SSSR count). The number of hydrogen-bond acceptors (Lipinski definition) is 5. The van der Waals surface area contributed by atoms with Crippen molar-refractivity contribution in [3.05, 3.63) is 24.3 Å². The van der Waals surface area contributed by atoms with Gasteiger partial charge in [-0.25, -0.2) is 4.39 Å². The Morgan fingerprint density at radius 1 is 1.12 bits per heavy atom. The van der Waals surface area contributed by atoms with Crippen molar-refractivity contribution in [2.24, 2.45) is 5.41 Å². The highest BCUT2D eigenvalue weighted by molar-refractivity contribution is 5.95. The van der Waals surface area contributed by atoms with E-state index in [1.54, 1.807) is 0 Å². The lowest BCUT2D eigenvalue weighted by molar-refractivity contribution is -0.131. The van der Waals surface area contributed by atoms with Crippen molar-refractivity contribution >= 4 is 23.2 Å². The third-order valence-corrected chi connectivity index (χ3v) is 7.99. The number of carbonyl (C=O) groups excluding carboxylic acids is 2. The molecular formula is C26H36FN5O2. The minimum Gasteiger partial charge on any atom is -0.372 e. The Bertz CT molecular complexity index is 930. The van der Waals surface area contributed by atoms with E-state index in [0.717, 1.165) is 31.6 Å². The van der Waals surface area contributed by atoms with E-state index in [0.29, 0.717) is 12.8 Å². The number of nitrogens with one attached hydrogen (secondary N) is 2. The van der Waals surface area contributed by atoms with Gasteiger partial charge in [0.15, 0.2) is 0 Å². The van der Waals surface area contributed by atoms with Crippen molar-refractivity contribution in [2.45, 2.75) is 76.5 Å². The zero-order chi connectivity index (χ0) is 24.3. The molecule has 0 bridgehead atoms. The highest BCUT2D eigenvalue weighted by Crippen LogP contribution is 2.41. The number of rotatable bonds is 6. The van der Waals surface area contributed by atoms with Crippen molar-refractivity contribution < 1.29 is 14.0 Å². The summed E-state index contributed by atoms with van der Waals surface area (Å²) < 4.78 is 13.6. The third kappa shape index (κ3) is 5.35. The van der Waals surface area contributed by atoms with Gasteiger partial charge in [0.1, 0.15) is 12.2 Å². The molecule has 1 aromatic rings. The van der Waals surface area contributed by atoms with Gasteiger partial charge in [-0.15, -0.1) is 0 Å². The molecule has 1 aromatic carbocycles. The highest BCUT2D eigenvalue weighted by Gasteiger charge is 2.43. The molecule has 2 heterocycles. The summed E-state index contributed by atoms with van der Waals surface area (Å²) in [6.45, 7) is 6.33. The molecule has 0 unspecified atom stereocenters. The average molecular weight is 470 g/mol. The number of nitriles is 1. The topological polar surface area (TPSA) is 88.5 Å². The quantitative estimate of drug-likeness (QED) is 0.664. The van der Waals surface area contributed by atoms with Crippen molar-refractivity contribution in [1.82, 2.24) is 10.2 Å². The third-order valence-electron chi connectivity index (χ3n) is 7.99. The molecule has 3 fully saturated rings. The van der Waals surface area contributed by atoms with Crippen LogP contribution in [0.3, 0.4) is 0 Å². The number of carbonyl (C=O) groups is 2. The molecule has 0 aromatic heterocycles. The lowest BCUT2D eigenvalue weighted by Gasteiger charge is -2.43. The van der Waals surface area contributed by atoms with E-state index in [1.807, 2.05) is 25.1 Å². The van der Waals surface area contributed by atoms with Gasteiger partial charge in [-0.3, -0.25) is 9.59 Å². The number of benzene rings is 1. The highest BCUT2D eigenvalue weighted by atomic mass is 19.1. The summed E-state index contributed by atoms with van der Waals surface area (Å²) in [7, 11) is 0. The maximum Gasteiger partial charge on any atom is 0.237 e. The fourth-order valence-corrected chi connectivity index (χ4v) is 5.34. The fourth-order valence-electron chi connectivity index (χ4n) is 5.34. The van der Waals surface area contributed by atoms with Crippen LogP contribution in [0.2, 0.25) is 0 Å². The SMILES string of the molecule is CC1(NCC(=O)N2C[C@@H](F)C[C@H]2C#N)CCC(C)(C(=O)Nc2ccc(N3CCCC3)cc2)CC1. The van der Waals surface area contributed by atoms with Crippen LogP contribution >= 0.6 is 0 Å². The first-order valence-electron chi connectivity index (χ1n) is 12.5. The Balaban J connectivity index is 1.27. The van der Waals surface area contributed by atoms with E-state index in [1.165, 1.54) is 23.4 Å². The normalized spacial score (nSPS) is 31.4. The summed E-state index contributed by atoms with van der Waals surface area (Å²) in [6, 6.07) is 9.44. The van der Waals surface area contributed by atoms with Gasteiger partial charge in [0.25, 0.3) is 0 Å². The van der Waals surface area contributed by atoms with Crippen LogP contribution in [0.15, 0.2) is 24.3 Å². The number of hydrogen-bond donors (Lipinski definition) is 2. The van der Waals surface area contributed by atoms with E-state index >= 15 is 0 Å². The van der Waals surface area contributed by atoms with Crippen LogP contribution in [0.5, 0.6) is 0 Å². The Morgan fingerprint density at radius 2 is 1.76 bits per heavy atom. The monoisotopic (exact) mass is 469 g/mol. The van der Waals surface area contributed by atoms with Gasteiger partial charge in [0.2, 0.25) is 11.8 Å². The molecule has 1 saturated carbocycles. The Labute approximate surface area is 201 Å². The zero-order valence-electron chi connectivity index (χ0n) is 20.3. The maximum atomic E-state index is 13.6. The number of amides is 2. The molecule has 3 aliphatic rings. The number of halogens is 1. The van der Waals surface area contributed by atoms with Gasteiger partial charge >= 0.3 is 0 Å². The zero-order valence-corrected chi connectivity index (χ0v) is 20.3. The number of likely N-dealkylation sites (tertiary alicyclic amines) is 1. The Kier molecular flexibility index (Phi) is 7.13. The second kappa shape index (κ2) is 9.91. The fraction of sp³-hybridized carbons (Fsp3) is 0.654. The van der Waals surface area contributed by atoms with Crippen molar-refractivity contribution in [2.75, 3.05) is 36.4 Å². The molecule has 1 aliphatic carbocycles. The van der Waals surface area contributed by atoms with Crippen molar-refractivity contribution in [3.63, 3.8) is 0 Å². The molecular weight excluding hydrogens is 433 g/mol. The first-order chi connectivity index (χ1) is 16.2. The van der Waals surface area contributed by atoms with Crippen LogP contribution in [-0.4, -0.2) is 60.6 Å².